The molecule has 198 valence electrons. The van der Waals surface area contributed by atoms with Crippen LogP contribution >= 0.6 is 0 Å². The Morgan fingerprint density at radius 1 is 0.743 bits per heavy atom. The fourth-order valence-corrected chi connectivity index (χ4v) is 4.95. The van der Waals surface area contributed by atoms with Crippen molar-refractivity contribution in [3.8, 4) is 5.69 Å². The summed E-state index contributed by atoms with van der Waals surface area (Å²) in [5.74, 6) is 0.939. The van der Waals surface area contributed by atoms with Crippen LogP contribution in [0.4, 0.5) is 13.2 Å². The third-order valence-corrected chi connectivity index (χ3v) is 6.93. The highest BCUT2D eigenvalue weighted by atomic mass is 19.3. The molecule has 0 fully saturated rings. The number of alkyl halides is 3. The molecule has 0 saturated carbocycles. The van der Waals surface area contributed by atoms with Gasteiger partial charge >= 0.3 is 0 Å². The van der Waals surface area contributed by atoms with E-state index in [9.17, 15) is 13.2 Å². The first-order valence-electron chi connectivity index (χ1n) is 14.2. The molecule has 0 radical (unpaired) electrons. The maximum absolute atomic E-state index is 13.8. The van der Waals surface area contributed by atoms with Gasteiger partial charge < -0.3 is 4.57 Å². The molecular formula is C30H47F3N2. The number of nitrogens with zero attached hydrogens (tertiary/aromatic N) is 2. The highest BCUT2D eigenvalue weighted by Crippen LogP contribution is 2.30. The number of aryl methyl sites for hydroxylation is 1. The zero-order valence-electron chi connectivity index (χ0n) is 21.9. The fourth-order valence-electron chi connectivity index (χ4n) is 4.95. The molecule has 2 aromatic rings. The number of benzene rings is 1. The van der Waals surface area contributed by atoms with Crippen molar-refractivity contribution in [1.29, 1.82) is 0 Å². The number of imidazole rings is 1. The standard InChI is InChI=1S/C30H47F3N2/c1-2-19-29-34-24-25-35(29)28-22-18-21-27(30(32)33)26(28)20-16-14-12-10-8-6-4-3-5-7-9-11-13-15-17-23-31/h18,21-22,24-25,30H,2-17,19-20,23H2,1H3. The van der Waals surface area contributed by atoms with E-state index < -0.39 is 6.43 Å². The van der Waals surface area contributed by atoms with Crippen LogP contribution in [0.1, 0.15) is 133 Å². The predicted octanol–water partition coefficient (Wildman–Crippen LogP) is 10.1. The van der Waals surface area contributed by atoms with Gasteiger partial charge in [0.2, 0.25) is 0 Å². The molecule has 0 atom stereocenters. The molecule has 1 heterocycles. The van der Waals surface area contributed by atoms with E-state index in [1.165, 1.54) is 70.6 Å². The molecule has 0 aliphatic rings. The molecule has 1 aromatic heterocycles. The van der Waals surface area contributed by atoms with Gasteiger partial charge in [0.05, 0.1) is 12.4 Å². The van der Waals surface area contributed by atoms with E-state index in [4.69, 9.17) is 0 Å². The Hall–Kier alpha value is -1.78. The minimum Gasteiger partial charge on any atom is -0.303 e. The smallest absolute Gasteiger partial charge is 0.264 e. The Morgan fingerprint density at radius 2 is 1.29 bits per heavy atom. The highest BCUT2D eigenvalue weighted by molar-refractivity contribution is 5.47. The molecule has 0 aliphatic heterocycles. The third-order valence-electron chi connectivity index (χ3n) is 6.93. The average Bonchev–Trinajstić information content (AvgIpc) is 3.32. The van der Waals surface area contributed by atoms with Gasteiger partial charge in [-0.3, -0.25) is 4.39 Å². The predicted molar refractivity (Wildman–Crippen MR) is 141 cm³/mol. The normalized spacial score (nSPS) is 11.6. The van der Waals surface area contributed by atoms with Crippen LogP contribution in [0.5, 0.6) is 0 Å². The Kier molecular flexibility index (Phi) is 15.6. The number of unbranched alkanes of at least 4 members (excludes halogenated alkanes) is 14. The van der Waals surface area contributed by atoms with Crippen LogP contribution in [0.2, 0.25) is 0 Å². The summed E-state index contributed by atoms with van der Waals surface area (Å²) in [6, 6.07) is 5.27. The van der Waals surface area contributed by atoms with Crippen molar-refractivity contribution in [1.82, 2.24) is 9.55 Å². The number of halogens is 3. The third kappa shape index (κ3) is 11.2. The van der Waals surface area contributed by atoms with Crippen molar-refractivity contribution >= 4 is 0 Å². The molecule has 5 heteroatoms. The lowest BCUT2D eigenvalue weighted by Gasteiger charge is -2.17. The highest BCUT2D eigenvalue weighted by Gasteiger charge is 2.18. The van der Waals surface area contributed by atoms with Crippen LogP contribution in [-0.4, -0.2) is 16.2 Å². The second-order valence-electron chi connectivity index (χ2n) is 9.85. The molecule has 0 spiro atoms. The van der Waals surface area contributed by atoms with Crippen LogP contribution in [-0.2, 0) is 12.8 Å². The fraction of sp³-hybridized carbons (Fsp3) is 0.700. The molecule has 2 nitrogen and oxygen atoms in total. The molecule has 0 N–H and O–H groups in total. The van der Waals surface area contributed by atoms with Crippen molar-refractivity contribution in [3.63, 3.8) is 0 Å². The summed E-state index contributed by atoms with van der Waals surface area (Å²) >= 11 is 0. The molecule has 0 saturated heterocycles. The summed E-state index contributed by atoms with van der Waals surface area (Å²) in [7, 11) is 0. The van der Waals surface area contributed by atoms with Gasteiger partial charge in [-0.15, -0.1) is 0 Å². The van der Waals surface area contributed by atoms with Crippen LogP contribution in [0.25, 0.3) is 5.69 Å². The van der Waals surface area contributed by atoms with Crippen molar-refractivity contribution in [2.45, 2.75) is 129 Å². The maximum atomic E-state index is 13.8. The van der Waals surface area contributed by atoms with Gasteiger partial charge in [0.15, 0.2) is 0 Å². The number of hydrogen-bond acceptors (Lipinski definition) is 1. The second-order valence-corrected chi connectivity index (χ2v) is 9.85. The molecule has 0 unspecified atom stereocenters. The molecule has 0 amide bonds. The van der Waals surface area contributed by atoms with Gasteiger partial charge in [-0.05, 0) is 37.3 Å². The largest absolute Gasteiger partial charge is 0.303 e. The topological polar surface area (TPSA) is 17.8 Å². The van der Waals surface area contributed by atoms with E-state index in [0.29, 0.717) is 6.42 Å². The first-order valence-corrected chi connectivity index (χ1v) is 14.2. The lowest BCUT2D eigenvalue weighted by Crippen LogP contribution is -2.07. The zero-order valence-corrected chi connectivity index (χ0v) is 21.9. The number of aromatic nitrogens is 2. The quantitative estimate of drug-likeness (QED) is 0.158. The summed E-state index contributed by atoms with van der Waals surface area (Å²) in [5.41, 5.74) is 1.81. The van der Waals surface area contributed by atoms with Crippen LogP contribution < -0.4 is 0 Å². The Bertz CT molecular complexity index is 788. The lowest BCUT2D eigenvalue weighted by molar-refractivity contribution is 0.150. The average molecular weight is 493 g/mol. The summed E-state index contributed by atoms with van der Waals surface area (Å²) in [6.07, 6.45) is 21.5. The van der Waals surface area contributed by atoms with Crippen LogP contribution in [0, 0.1) is 0 Å². The Labute approximate surface area is 211 Å². The minimum absolute atomic E-state index is 0.165. The molecule has 0 bridgehead atoms. The van der Waals surface area contributed by atoms with E-state index in [1.54, 1.807) is 18.3 Å². The number of hydrogen-bond donors (Lipinski definition) is 0. The second kappa shape index (κ2) is 18.5. The number of rotatable bonds is 21. The summed E-state index contributed by atoms with van der Waals surface area (Å²) < 4.78 is 41.6. The van der Waals surface area contributed by atoms with Gasteiger partial charge in [0.1, 0.15) is 5.82 Å². The molecule has 0 aliphatic carbocycles. The van der Waals surface area contributed by atoms with E-state index in [-0.39, 0.29) is 12.2 Å². The van der Waals surface area contributed by atoms with Gasteiger partial charge in [-0.25, -0.2) is 13.8 Å². The van der Waals surface area contributed by atoms with Gasteiger partial charge in [0, 0.05) is 24.4 Å². The van der Waals surface area contributed by atoms with Gasteiger partial charge in [0.25, 0.3) is 6.43 Å². The monoisotopic (exact) mass is 492 g/mol. The first kappa shape index (κ1) is 29.5. The molecule has 2 rings (SSSR count). The van der Waals surface area contributed by atoms with Crippen LogP contribution in [0.15, 0.2) is 30.6 Å². The molecule has 35 heavy (non-hydrogen) atoms. The van der Waals surface area contributed by atoms with E-state index in [2.05, 4.69) is 11.9 Å². The van der Waals surface area contributed by atoms with E-state index in [0.717, 1.165) is 55.6 Å². The minimum atomic E-state index is -2.45. The van der Waals surface area contributed by atoms with Crippen LogP contribution in [0.3, 0.4) is 0 Å². The maximum Gasteiger partial charge on any atom is 0.264 e. The van der Waals surface area contributed by atoms with E-state index in [1.807, 2.05) is 16.8 Å². The summed E-state index contributed by atoms with van der Waals surface area (Å²) in [5, 5.41) is 0. The van der Waals surface area contributed by atoms with E-state index >= 15 is 0 Å². The van der Waals surface area contributed by atoms with Crippen molar-refractivity contribution in [2.75, 3.05) is 6.67 Å². The molecular weight excluding hydrogens is 445 g/mol. The SMILES string of the molecule is CCCc1nccn1-c1cccc(C(F)F)c1CCCCCCCCCCCCCCCCCF. The van der Waals surface area contributed by atoms with Crippen molar-refractivity contribution in [2.24, 2.45) is 0 Å². The Balaban J connectivity index is 1.64. The summed E-state index contributed by atoms with van der Waals surface area (Å²) in [4.78, 5) is 4.44. The van der Waals surface area contributed by atoms with Gasteiger partial charge in [-0.2, -0.15) is 0 Å². The van der Waals surface area contributed by atoms with Gasteiger partial charge in [-0.1, -0.05) is 103 Å². The zero-order chi connectivity index (χ0) is 25.1. The molecule has 1 aromatic carbocycles. The van der Waals surface area contributed by atoms with Crippen molar-refractivity contribution in [3.05, 3.63) is 47.5 Å². The van der Waals surface area contributed by atoms with Crippen molar-refractivity contribution < 1.29 is 13.2 Å². The lowest BCUT2D eigenvalue weighted by atomic mass is 9.98. The Morgan fingerprint density at radius 3 is 1.80 bits per heavy atom. The summed E-state index contributed by atoms with van der Waals surface area (Å²) in [6.45, 7) is 1.94. The first-order chi connectivity index (χ1) is 17.2.